The van der Waals surface area contributed by atoms with Crippen molar-refractivity contribution in [3.8, 4) is 11.7 Å². The summed E-state index contributed by atoms with van der Waals surface area (Å²) in [6.45, 7) is 3.05. The minimum absolute atomic E-state index is 0.693. The lowest BCUT2D eigenvalue weighted by molar-refractivity contribution is -0.603. The van der Waals surface area contributed by atoms with Gasteiger partial charge in [-0.05, 0) is 53.9 Å². The molecule has 0 saturated heterocycles. The van der Waals surface area contributed by atoms with Gasteiger partial charge in [0.05, 0.1) is 17.6 Å². The molecule has 0 radical (unpaired) electrons. The molecule has 4 heteroatoms. The van der Waals surface area contributed by atoms with Gasteiger partial charge < -0.3 is 4.74 Å². The molecule has 0 aliphatic rings. The molecule has 0 amide bonds. The number of pyridine rings is 1. The Balaban J connectivity index is 1.27. The zero-order chi connectivity index (χ0) is 22.0. The summed E-state index contributed by atoms with van der Waals surface area (Å²) in [7, 11) is 0. The van der Waals surface area contributed by atoms with Crippen LogP contribution in [0.3, 0.4) is 0 Å². The first-order valence-corrected chi connectivity index (χ1v) is 11.6. The van der Waals surface area contributed by atoms with Gasteiger partial charge in [-0.1, -0.05) is 75.4 Å². The largest absolute Gasteiger partial charge is 0.494 e. The highest BCUT2D eigenvalue weighted by Gasteiger charge is 2.04. The predicted octanol–water partition coefficient (Wildman–Crippen LogP) is 6.38. The molecular formula is C28H31N3O. The first-order valence-electron chi connectivity index (χ1n) is 11.6. The number of para-hydroxylation sites is 2. The van der Waals surface area contributed by atoms with Crippen LogP contribution >= 0.6 is 0 Å². The molecule has 4 aromatic rings. The number of ether oxygens (including phenoxy) is 1. The lowest BCUT2D eigenvalue weighted by Crippen LogP contribution is -2.31. The topological polar surface area (TPSA) is 40.1 Å². The van der Waals surface area contributed by atoms with Crippen LogP contribution < -0.4 is 14.3 Å². The number of unbranched alkanes of at least 4 members (excludes halogenated alkanes) is 5. The van der Waals surface area contributed by atoms with Crippen molar-refractivity contribution < 1.29 is 9.30 Å². The second-order valence-corrected chi connectivity index (χ2v) is 8.07. The molecule has 0 fully saturated rings. The van der Waals surface area contributed by atoms with Gasteiger partial charge in [0.1, 0.15) is 5.75 Å². The zero-order valence-electron chi connectivity index (χ0n) is 18.8. The summed E-state index contributed by atoms with van der Waals surface area (Å²) in [5.41, 5.74) is 4.11. The van der Waals surface area contributed by atoms with Crippen molar-refractivity contribution in [2.45, 2.75) is 45.4 Å². The third-order valence-corrected chi connectivity index (χ3v) is 5.52. The molecule has 32 heavy (non-hydrogen) atoms. The lowest BCUT2D eigenvalue weighted by atomic mass is 10.1. The van der Waals surface area contributed by atoms with E-state index in [1.807, 2.05) is 53.4 Å². The monoisotopic (exact) mass is 425 g/mol. The van der Waals surface area contributed by atoms with Gasteiger partial charge in [-0.25, -0.2) is 9.97 Å². The third kappa shape index (κ3) is 6.07. The van der Waals surface area contributed by atoms with E-state index < -0.39 is 0 Å². The fourth-order valence-corrected chi connectivity index (χ4v) is 3.63. The van der Waals surface area contributed by atoms with Crippen molar-refractivity contribution in [3.63, 3.8) is 0 Å². The van der Waals surface area contributed by atoms with Crippen molar-refractivity contribution >= 4 is 23.2 Å². The van der Waals surface area contributed by atoms with Crippen LogP contribution in [0, 0.1) is 0 Å². The normalized spacial score (nSPS) is 11.4. The predicted molar refractivity (Wildman–Crippen MR) is 131 cm³/mol. The van der Waals surface area contributed by atoms with Crippen LogP contribution in [0.25, 0.3) is 29.1 Å². The van der Waals surface area contributed by atoms with E-state index in [2.05, 4.69) is 53.3 Å². The van der Waals surface area contributed by atoms with E-state index in [-0.39, 0.29) is 0 Å². The molecule has 0 saturated carbocycles. The lowest BCUT2D eigenvalue weighted by Gasteiger charge is -2.06. The second-order valence-electron chi connectivity index (χ2n) is 8.07. The number of aromatic nitrogens is 3. The summed E-state index contributed by atoms with van der Waals surface area (Å²) in [4.78, 5) is 9.16. The molecule has 0 atom stereocenters. The third-order valence-electron chi connectivity index (χ3n) is 5.52. The van der Waals surface area contributed by atoms with Crippen LogP contribution in [0.4, 0.5) is 0 Å². The Labute approximate surface area is 190 Å². The van der Waals surface area contributed by atoms with E-state index in [9.17, 15) is 0 Å². The highest BCUT2D eigenvalue weighted by atomic mass is 16.5. The maximum absolute atomic E-state index is 5.87. The maximum atomic E-state index is 5.87. The van der Waals surface area contributed by atoms with Crippen molar-refractivity contribution in [2.75, 3.05) is 6.61 Å². The molecule has 4 rings (SSSR count). The maximum Gasteiger partial charge on any atom is 0.234 e. The Bertz CT molecular complexity index is 1090. The molecule has 0 aliphatic carbocycles. The number of benzene rings is 2. The number of hydrogen-bond donors (Lipinski definition) is 0. The molecule has 4 nitrogen and oxygen atoms in total. The molecule has 2 heterocycles. The minimum atomic E-state index is 0.693. The Morgan fingerprint density at radius 1 is 0.812 bits per heavy atom. The summed E-state index contributed by atoms with van der Waals surface area (Å²) < 4.78 is 7.81. The molecule has 164 valence electrons. The smallest absolute Gasteiger partial charge is 0.234 e. The van der Waals surface area contributed by atoms with E-state index in [0.717, 1.165) is 40.9 Å². The van der Waals surface area contributed by atoms with Gasteiger partial charge in [0.15, 0.2) is 0 Å². The first kappa shape index (κ1) is 21.8. The Hall–Kier alpha value is -3.40. The number of fused-ring (bicyclic) bond motifs is 1. The molecule has 2 aromatic heterocycles. The van der Waals surface area contributed by atoms with Crippen LogP contribution in [-0.2, 0) is 0 Å². The van der Waals surface area contributed by atoms with Gasteiger partial charge >= 0.3 is 0 Å². The van der Waals surface area contributed by atoms with E-state index in [4.69, 9.17) is 4.74 Å². The van der Waals surface area contributed by atoms with Crippen LogP contribution in [-0.4, -0.2) is 11.6 Å². The summed E-state index contributed by atoms with van der Waals surface area (Å²) in [6.07, 6.45) is 15.9. The molecular weight excluding hydrogens is 394 g/mol. The van der Waals surface area contributed by atoms with Gasteiger partial charge in [0.25, 0.3) is 0 Å². The van der Waals surface area contributed by atoms with Gasteiger partial charge in [0.2, 0.25) is 5.95 Å². The van der Waals surface area contributed by atoms with Crippen LogP contribution in [0.5, 0.6) is 5.75 Å². The Kier molecular flexibility index (Phi) is 7.69. The molecule has 0 unspecified atom stereocenters. The van der Waals surface area contributed by atoms with Crippen LogP contribution in [0.1, 0.15) is 56.6 Å². The highest BCUT2D eigenvalue weighted by molar-refractivity contribution is 5.75. The number of hydrogen-bond acceptors (Lipinski definition) is 2. The van der Waals surface area contributed by atoms with E-state index in [1.54, 1.807) is 0 Å². The Morgan fingerprint density at radius 2 is 1.50 bits per heavy atom. The SMILES string of the molecule is CCCCCCCCOc1ccc(/C=C/c2cc[n+](-c3nc4ccccc4[n-]3)cc2)cc1. The summed E-state index contributed by atoms with van der Waals surface area (Å²) in [6, 6.07) is 20.3. The number of rotatable bonds is 11. The average Bonchev–Trinajstić information content (AvgIpc) is 3.28. The van der Waals surface area contributed by atoms with Gasteiger partial charge in [0, 0.05) is 12.4 Å². The van der Waals surface area contributed by atoms with Crippen molar-refractivity contribution in [1.82, 2.24) is 9.97 Å². The van der Waals surface area contributed by atoms with Crippen molar-refractivity contribution in [1.29, 1.82) is 0 Å². The fraction of sp³-hybridized carbons (Fsp3) is 0.286. The van der Waals surface area contributed by atoms with Crippen LogP contribution in [0.15, 0.2) is 73.1 Å². The van der Waals surface area contributed by atoms with Crippen molar-refractivity contribution in [3.05, 3.63) is 84.2 Å². The first-order chi connectivity index (χ1) is 15.8. The van der Waals surface area contributed by atoms with Gasteiger partial charge in [-0.3, -0.25) is 4.57 Å². The van der Waals surface area contributed by atoms with Gasteiger partial charge in [-0.2, -0.15) is 0 Å². The molecule has 0 bridgehead atoms. The molecule has 0 N–H and O–H groups in total. The summed E-state index contributed by atoms with van der Waals surface area (Å²) in [5, 5.41) is 0. The highest BCUT2D eigenvalue weighted by Crippen LogP contribution is 2.16. The van der Waals surface area contributed by atoms with Crippen molar-refractivity contribution in [2.24, 2.45) is 0 Å². The van der Waals surface area contributed by atoms with E-state index >= 15 is 0 Å². The van der Waals surface area contributed by atoms with Crippen LogP contribution in [0.2, 0.25) is 0 Å². The van der Waals surface area contributed by atoms with Gasteiger partial charge in [-0.15, -0.1) is 0 Å². The standard InChI is InChI=1S/C28H31N3O/c1-2-3-4-5-6-9-22-32-25-16-14-23(15-17-25)12-13-24-18-20-31(21-19-24)28-29-26-10-7-8-11-27(26)30-28/h7-8,10-21H,2-6,9,22H2,1H3/b13-12+. The van der Waals surface area contributed by atoms with E-state index in [1.165, 1.54) is 32.1 Å². The Morgan fingerprint density at radius 3 is 2.25 bits per heavy atom. The minimum Gasteiger partial charge on any atom is -0.494 e. The molecule has 0 aliphatic heterocycles. The molecule has 2 aromatic carbocycles. The fourth-order valence-electron chi connectivity index (χ4n) is 3.63. The molecule has 0 spiro atoms. The second kappa shape index (κ2) is 11.3. The quantitative estimate of drug-likeness (QED) is 0.207. The summed E-state index contributed by atoms with van der Waals surface area (Å²) in [5.74, 6) is 1.64. The average molecular weight is 426 g/mol. The number of nitrogens with zero attached hydrogens (tertiary/aromatic N) is 3. The zero-order valence-corrected chi connectivity index (χ0v) is 18.8. The van der Waals surface area contributed by atoms with E-state index in [0.29, 0.717) is 5.95 Å². The number of imidazole rings is 1. The summed E-state index contributed by atoms with van der Waals surface area (Å²) >= 11 is 0.